The van der Waals surface area contributed by atoms with E-state index in [-0.39, 0.29) is 23.1 Å². The molecule has 1 aliphatic heterocycles. The molecule has 1 fully saturated rings. The van der Waals surface area contributed by atoms with Crippen molar-refractivity contribution in [3.63, 3.8) is 0 Å². The third kappa shape index (κ3) is 5.09. The Labute approximate surface area is 180 Å². The summed E-state index contributed by atoms with van der Waals surface area (Å²) in [6.45, 7) is 0. The SMILES string of the molecule is O=C(NC1CCCCCC1)C1=CC2=NC(=O)/C(=C\c3cccc(Cl)c3)SC2C=C1. The fraction of sp³-hybridized carbons (Fsp3) is 0.348. The number of nitrogens with one attached hydrogen (secondary N) is 1. The standard InChI is InChI=1S/C23H23ClN2O2S/c24-17-7-5-6-15(12-17)13-21-23(28)26-19-14-16(10-11-20(19)29-21)22(27)25-18-8-3-1-2-4-9-18/h5-7,10-14,18,20H,1-4,8-9H2,(H,25,27)/b21-13+. The average Bonchev–Trinajstić information content (AvgIpc) is 2.97. The summed E-state index contributed by atoms with van der Waals surface area (Å²) in [5.74, 6) is -0.358. The van der Waals surface area contributed by atoms with Gasteiger partial charge in [-0.15, -0.1) is 11.8 Å². The lowest BCUT2D eigenvalue weighted by atomic mass is 10.0. The maximum absolute atomic E-state index is 12.7. The van der Waals surface area contributed by atoms with Crippen LogP contribution in [0.15, 0.2) is 58.0 Å². The zero-order valence-corrected chi connectivity index (χ0v) is 17.6. The zero-order valence-electron chi connectivity index (χ0n) is 16.1. The third-order valence-electron chi connectivity index (χ3n) is 5.34. The molecule has 1 heterocycles. The molecule has 150 valence electrons. The van der Waals surface area contributed by atoms with E-state index in [0.29, 0.717) is 21.2 Å². The minimum atomic E-state index is -0.281. The Balaban J connectivity index is 1.48. The number of carbonyl (C=O) groups excluding carboxylic acids is 2. The van der Waals surface area contributed by atoms with Crippen molar-refractivity contribution in [2.24, 2.45) is 4.99 Å². The van der Waals surface area contributed by atoms with Gasteiger partial charge in [0.1, 0.15) is 0 Å². The van der Waals surface area contributed by atoms with Crippen molar-refractivity contribution in [1.29, 1.82) is 0 Å². The summed E-state index contributed by atoms with van der Waals surface area (Å²) >= 11 is 7.48. The highest BCUT2D eigenvalue weighted by molar-refractivity contribution is 8.05. The van der Waals surface area contributed by atoms with Crippen LogP contribution in [-0.4, -0.2) is 28.8 Å². The van der Waals surface area contributed by atoms with Crippen LogP contribution in [0, 0.1) is 0 Å². The third-order valence-corrected chi connectivity index (χ3v) is 6.77. The van der Waals surface area contributed by atoms with E-state index in [1.54, 1.807) is 12.1 Å². The largest absolute Gasteiger partial charge is 0.349 e. The molecule has 2 aliphatic carbocycles. The lowest BCUT2D eigenvalue weighted by Crippen LogP contribution is -2.36. The monoisotopic (exact) mass is 426 g/mol. The van der Waals surface area contributed by atoms with E-state index in [2.05, 4.69) is 10.3 Å². The number of allylic oxidation sites excluding steroid dienone is 1. The fourth-order valence-corrected chi connectivity index (χ4v) is 5.03. The second-order valence-corrected chi connectivity index (χ2v) is 9.18. The summed E-state index contributed by atoms with van der Waals surface area (Å²) in [5.41, 5.74) is 2.07. The molecule has 1 atom stereocenters. The van der Waals surface area contributed by atoms with Gasteiger partial charge in [-0.05, 0) is 42.7 Å². The van der Waals surface area contributed by atoms with Gasteiger partial charge < -0.3 is 5.32 Å². The van der Waals surface area contributed by atoms with E-state index in [1.165, 1.54) is 37.4 Å². The van der Waals surface area contributed by atoms with Gasteiger partial charge in [-0.25, -0.2) is 4.99 Å². The van der Waals surface area contributed by atoms with E-state index in [4.69, 9.17) is 11.6 Å². The van der Waals surface area contributed by atoms with Gasteiger partial charge in [0, 0.05) is 16.6 Å². The summed E-state index contributed by atoms with van der Waals surface area (Å²) in [5, 5.41) is 3.72. The minimum Gasteiger partial charge on any atom is -0.349 e. The zero-order chi connectivity index (χ0) is 20.2. The molecule has 3 aliphatic rings. The first-order valence-corrected chi connectivity index (χ1v) is 11.3. The molecule has 0 spiro atoms. The van der Waals surface area contributed by atoms with Crippen molar-refractivity contribution in [1.82, 2.24) is 5.32 Å². The van der Waals surface area contributed by atoms with Gasteiger partial charge in [0.2, 0.25) is 0 Å². The number of nitrogens with zero attached hydrogens (tertiary/aromatic N) is 1. The lowest BCUT2D eigenvalue weighted by molar-refractivity contribution is -0.118. The summed E-state index contributed by atoms with van der Waals surface area (Å²) in [4.78, 5) is 30.0. The van der Waals surface area contributed by atoms with Gasteiger partial charge >= 0.3 is 0 Å². The molecule has 2 amide bonds. The number of halogens is 1. The highest BCUT2D eigenvalue weighted by Gasteiger charge is 2.28. The Morgan fingerprint density at radius 2 is 2.00 bits per heavy atom. The average molecular weight is 427 g/mol. The van der Waals surface area contributed by atoms with Gasteiger partial charge in [0.05, 0.1) is 15.9 Å². The second-order valence-electron chi connectivity index (χ2n) is 7.56. The van der Waals surface area contributed by atoms with E-state index in [1.807, 2.05) is 36.4 Å². The van der Waals surface area contributed by atoms with Gasteiger partial charge in [0.15, 0.2) is 0 Å². The Bertz CT molecular complexity index is 940. The predicted molar refractivity (Wildman–Crippen MR) is 120 cm³/mol. The smallest absolute Gasteiger partial charge is 0.283 e. The summed E-state index contributed by atoms with van der Waals surface area (Å²) in [6, 6.07) is 7.61. The topological polar surface area (TPSA) is 58.5 Å². The van der Waals surface area contributed by atoms with Gasteiger partial charge in [-0.2, -0.15) is 0 Å². The Hall–Kier alpha value is -2.11. The van der Waals surface area contributed by atoms with Crippen LogP contribution in [0.4, 0.5) is 0 Å². The number of amides is 2. The van der Waals surface area contributed by atoms with Crippen molar-refractivity contribution < 1.29 is 9.59 Å². The van der Waals surface area contributed by atoms with Crippen LogP contribution in [0.2, 0.25) is 5.02 Å². The van der Waals surface area contributed by atoms with Crippen LogP contribution in [0.5, 0.6) is 0 Å². The molecule has 4 rings (SSSR count). The second kappa shape index (κ2) is 9.14. The quantitative estimate of drug-likeness (QED) is 0.540. The molecule has 1 saturated carbocycles. The first-order chi connectivity index (χ1) is 14.1. The molecule has 1 aromatic carbocycles. The number of carbonyl (C=O) groups is 2. The van der Waals surface area contributed by atoms with E-state index >= 15 is 0 Å². The van der Waals surface area contributed by atoms with E-state index in [0.717, 1.165) is 18.4 Å². The van der Waals surface area contributed by atoms with Gasteiger partial charge in [-0.3, -0.25) is 9.59 Å². The minimum absolute atomic E-state index is 0.0624. The maximum Gasteiger partial charge on any atom is 0.283 e. The van der Waals surface area contributed by atoms with Crippen LogP contribution in [0.25, 0.3) is 6.08 Å². The molecule has 1 aromatic rings. The number of benzene rings is 1. The number of rotatable bonds is 3. The molecular formula is C23H23ClN2O2S. The molecule has 0 aromatic heterocycles. The highest BCUT2D eigenvalue weighted by Crippen LogP contribution is 2.34. The molecule has 0 radical (unpaired) electrons. The molecule has 6 heteroatoms. The summed E-state index contributed by atoms with van der Waals surface area (Å²) in [7, 11) is 0. The predicted octanol–water partition coefficient (Wildman–Crippen LogP) is 5.10. The first-order valence-electron chi connectivity index (χ1n) is 10.1. The van der Waals surface area contributed by atoms with Crippen molar-refractivity contribution in [3.05, 3.63) is 63.6 Å². The normalized spacial score (nSPS) is 23.8. The van der Waals surface area contributed by atoms with E-state index in [9.17, 15) is 9.59 Å². The number of fused-ring (bicyclic) bond motifs is 1. The van der Waals surface area contributed by atoms with Crippen LogP contribution < -0.4 is 5.32 Å². The van der Waals surface area contributed by atoms with E-state index < -0.39 is 0 Å². The van der Waals surface area contributed by atoms with Crippen LogP contribution in [0.3, 0.4) is 0 Å². The molecule has 1 unspecified atom stereocenters. The number of thioether (sulfide) groups is 1. The van der Waals surface area contributed by atoms with Crippen molar-refractivity contribution in [2.75, 3.05) is 0 Å². The molecule has 0 saturated heterocycles. The summed E-state index contributed by atoms with van der Waals surface area (Å²) < 4.78 is 0. The molecule has 1 N–H and O–H groups in total. The first kappa shape index (κ1) is 20.2. The van der Waals surface area contributed by atoms with Crippen molar-refractivity contribution in [3.8, 4) is 0 Å². The number of aliphatic imine (C=N–C) groups is 1. The highest BCUT2D eigenvalue weighted by atomic mass is 35.5. The van der Waals surface area contributed by atoms with Crippen molar-refractivity contribution >= 4 is 47.0 Å². The number of hydrogen-bond acceptors (Lipinski definition) is 3. The number of hydrogen-bond donors (Lipinski definition) is 1. The van der Waals surface area contributed by atoms with Crippen LogP contribution >= 0.6 is 23.4 Å². The molecule has 4 nitrogen and oxygen atoms in total. The maximum atomic E-state index is 12.7. The van der Waals surface area contributed by atoms with Gasteiger partial charge in [0.25, 0.3) is 11.8 Å². The van der Waals surface area contributed by atoms with Gasteiger partial charge in [-0.1, -0.05) is 61.6 Å². The Morgan fingerprint density at radius 3 is 2.76 bits per heavy atom. The lowest BCUT2D eigenvalue weighted by Gasteiger charge is -2.23. The molecule has 29 heavy (non-hydrogen) atoms. The Morgan fingerprint density at radius 1 is 1.21 bits per heavy atom. The van der Waals surface area contributed by atoms with Crippen molar-refractivity contribution in [2.45, 2.75) is 49.8 Å². The van der Waals surface area contributed by atoms with Crippen LogP contribution in [-0.2, 0) is 9.59 Å². The molecule has 0 bridgehead atoms. The molecular weight excluding hydrogens is 404 g/mol. The summed E-state index contributed by atoms with van der Waals surface area (Å²) in [6.07, 6.45) is 14.3. The van der Waals surface area contributed by atoms with Crippen LogP contribution in [0.1, 0.15) is 44.1 Å². The Kier molecular flexibility index (Phi) is 6.36. The fourth-order valence-electron chi connectivity index (χ4n) is 3.81.